The van der Waals surface area contributed by atoms with E-state index in [-0.39, 0.29) is 5.91 Å². The molecule has 2 rings (SSSR count). The zero-order chi connectivity index (χ0) is 16.7. The Bertz CT molecular complexity index is 617. The van der Waals surface area contributed by atoms with Crippen LogP contribution in [0.3, 0.4) is 0 Å². The van der Waals surface area contributed by atoms with Crippen LogP contribution in [0.5, 0.6) is 0 Å². The third kappa shape index (κ3) is 5.44. The summed E-state index contributed by atoms with van der Waals surface area (Å²) in [6.45, 7) is 8.27. The number of hydrogen-bond donors (Lipinski definition) is 1. The number of aryl methyl sites for hydroxylation is 2. The summed E-state index contributed by atoms with van der Waals surface area (Å²) < 4.78 is 0. The molecule has 0 radical (unpaired) electrons. The fourth-order valence-electron chi connectivity index (χ4n) is 2.73. The first-order valence-electron chi connectivity index (χ1n) is 8.22. The monoisotopic (exact) mass is 310 g/mol. The van der Waals surface area contributed by atoms with Gasteiger partial charge in [-0.2, -0.15) is 0 Å². The zero-order valence-electron chi connectivity index (χ0n) is 14.3. The fraction of sp³-hybridized carbons (Fsp3) is 0.350. The van der Waals surface area contributed by atoms with Crippen LogP contribution in [0.15, 0.2) is 48.5 Å². The van der Waals surface area contributed by atoms with Gasteiger partial charge in [-0.15, -0.1) is 0 Å². The Morgan fingerprint density at radius 1 is 1.04 bits per heavy atom. The summed E-state index contributed by atoms with van der Waals surface area (Å²) in [5.41, 5.74) is 4.72. The number of hydrogen-bond acceptors (Lipinski definition) is 2. The predicted octanol–water partition coefficient (Wildman–Crippen LogP) is 4.15. The number of nitrogens with one attached hydrogen (secondary N) is 1. The average Bonchev–Trinajstić information content (AvgIpc) is 2.52. The van der Waals surface area contributed by atoms with Crippen LogP contribution in [0.2, 0.25) is 0 Å². The Morgan fingerprint density at radius 2 is 1.70 bits per heavy atom. The van der Waals surface area contributed by atoms with Crippen molar-refractivity contribution < 1.29 is 4.79 Å². The molecular formula is C20H26N2O. The van der Waals surface area contributed by atoms with Gasteiger partial charge in [-0.3, -0.25) is 4.79 Å². The quantitative estimate of drug-likeness (QED) is 0.833. The summed E-state index contributed by atoms with van der Waals surface area (Å²) in [5.74, 6) is 0.188. The lowest BCUT2D eigenvalue weighted by atomic mass is 10.1. The van der Waals surface area contributed by atoms with Crippen molar-refractivity contribution in [2.75, 3.05) is 18.4 Å². The number of carbonyl (C=O) groups is 1. The zero-order valence-corrected chi connectivity index (χ0v) is 14.3. The van der Waals surface area contributed by atoms with Crippen molar-refractivity contribution in [1.29, 1.82) is 0 Å². The molecule has 0 fully saturated rings. The van der Waals surface area contributed by atoms with E-state index in [9.17, 15) is 4.79 Å². The third-order valence-electron chi connectivity index (χ3n) is 3.84. The van der Waals surface area contributed by atoms with Gasteiger partial charge in [-0.1, -0.05) is 36.4 Å². The number of nitrogens with zero attached hydrogens (tertiary/aromatic N) is 1. The fourth-order valence-corrected chi connectivity index (χ4v) is 2.73. The van der Waals surface area contributed by atoms with E-state index in [2.05, 4.69) is 49.5 Å². The van der Waals surface area contributed by atoms with Crippen molar-refractivity contribution in [3.05, 3.63) is 65.2 Å². The SMILES string of the molecule is CCN(Cc1ccccc1)C(=O)CCNc1cc(C)cc(C)c1. The van der Waals surface area contributed by atoms with Crippen LogP contribution in [0, 0.1) is 13.8 Å². The average molecular weight is 310 g/mol. The van der Waals surface area contributed by atoms with Gasteiger partial charge in [0.1, 0.15) is 0 Å². The van der Waals surface area contributed by atoms with Gasteiger partial charge < -0.3 is 10.2 Å². The second-order valence-electron chi connectivity index (χ2n) is 5.95. The highest BCUT2D eigenvalue weighted by atomic mass is 16.2. The van der Waals surface area contributed by atoms with Gasteiger partial charge in [0.25, 0.3) is 0 Å². The first-order chi connectivity index (χ1) is 11.1. The highest BCUT2D eigenvalue weighted by Crippen LogP contribution is 2.14. The topological polar surface area (TPSA) is 32.3 Å². The summed E-state index contributed by atoms with van der Waals surface area (Å²) in [5, 5.41) is 3.35. The molecule has 0 saturated heterocycles. The van der Waals surface area contributed by atoms with Crippen LogP contribution in [0.25, 0.3) is 0 Å². The lowest BCUT2D eigenvalue weighted by Crippen LogP contribution is -2.31. The Balaban J connectivity index is 1.85. The molecule has 3 nitrogen and oxygen atoms in total. The molecule has 0 unspecified atom stereocenters. The number of carbonyl (C=O) groups excluding carboxylic acids is 1. The molecule has 0 aliphatic heterocycles. The highest BCUT2D eigenvalue weighted by molar-refractivity contribution is 5.76. The maximum atomic E-state index is 12.4. The van der Waals surface area contributed by atoms with Gasteiger partial charge in [0.15, 0.2) is 0 Å². The summed E-state index contributed by atoms with van der Waals surface area (Å²) in [6.07, 6.45) is 0.508. The van der Waals surface area contributed by atoms with E-state index in [1.807, 2.05) is 30.0 Å². The van der Waals surface area contributed by atoms with Crippen LogP contribution >= 0.6 is 0 Å². The van der Waals surface area contributed by atoms with E-state index in [1.165, 1.54) is 16.7 Å². The molecule has 0 heterocycles. The van der Waals surface area contributed by atoms with E-state index in [0.717, 1.165) is 12.2 Å². The Kier molecular flexibility index (Phi) is 6.21. The summed E-state index contributed by atoms with van der Waals surface area (Å²) >= 11 is 0. The van der Waals surface area contributed by atoms with Crippen molar-refractivity contribution >= 4 is 11.6 Å². The lowest BCUT2D eigenvalue weighted by molar-refractivity contribution is -0.131. The molecule has 0 bridgehead atoms. The van der Waals surface area contributed by atoms with Crippen LogP contribution in [0.4, 0.5) is 5.69 Å². The molecule has 23 heavy (non-hydrogen) atoms. The molecule has 0 aliphatic rings. The van der Waals surface area contributed by atoms with Gasteiger partial charge in [-0.05, 0) is 49.6 Å². The Labute approximate surface area is 139 Å². The van der Waals surface area contributed by atoms with E-state index in [0.29, 0.717) is 19.5 Å². The van der Waals surface area contributed by atoms with E-state index in [1.54, 1.807) is 0 Å². The number of amides is 1. The van der Waals surface area contributed by atoms with Crippen LogP contribution in [-0.4, -0.2) is 23.9 Å². The van der Waals surface area contributed by atoms with Gasteiger partial charge in [0.05, 0.1) is 0 Å². The van der Waals surface area contributed by atoms with Gasteiger partial charge in [0, 0.05) is 31.7 Å². The number of benzene rings is 2. The molecule has 1 N–H and O–H groups in total. The molecule has 3 heteroatoms. The molecule has 0 aromatic heterocycles. The predicted molar refractivity (Wildman–Crippen MR) is 96.6 cm³/mol. The molecule has 2 aromatic carbocycles. The molecule has 1 amide bonds. The minimum atomic E-state index is 0.188. The van der Waals surface area contributed by atoms with Crippen LogP contribution in [0.1, 0.15) is 30.0 Å². The van der Waals surface area contributed by atoms with Crippen molar-refractivity contribution in [2.45, 2.75) is 33.7 Å². The van der Waals surface area contributed by atoms with Crippen LogP contribution in [-0.2, 0) is 11.3 Å². The lowest BCUT2D eigenvalue weighted by Gasteiger charge is -2.21. The maximum absolute atomic E-state index is 12.4. The number of anilines is 1. The van der Waals surface area contributed by atoms with Gasteiger partial charge in [0.2, 0.25) is 5.91 Å². The molecule has 0 spiro atoms. The van der Waals surface area contributed by atoms with Crippen molar-refractivity contribution in [3.63, 3.8) is 0 Å². The number of rotatable bonds is 7. The van der Waals surface area contributed by atoms with Crippen molar-refractivity contribution in [2.24, 2.45) is 0 Å². The van der Waals surface area contributed by atoms with Gasteiger partial charge in [-0.25, -0.2) is 0 Å². The minimum absolute atomic E-state index is 0.188. The largest absolute Gasteiger partial charge is 0.385 e. The molecule has 122 valence electrons. The minimum Gasteiger partial charge on any atom is -0.385 e. The Hall–Kier alpha value is -2.29. The smallest absolute Gasteiger partial charge is 0.224 e. The second-order valence-corrected chi connectivity index (χ2v) is 5.95. The second kappa shape index (κ2) is 8.37. The molecule has 0 saturated carbocycles. The van der Waals surface area contributed by atoms with E-state index in [4.69, 9.17) is 0 Å². The summed E-state index contributed by atoms with van der Waals surface area (Å²) in [6, 6.07) is 16.5. The molecule has 2 aromatic rings. The Morgan fingerprint density at radius 3 is 2.30 bits per heavy atom. The van der Waals surface area contributed by atoms with Crippen molar-refractivity contribution in [1.82, 2.24) is 4.90 Å². The summed E-state index contributed by atoms with van der Waals surface area (Å²) in [4.78, 5) is 14.3. The van der Waals surface area contributed by atoms with E-state index < -0.39 is 0 Å². The standard InChI is InChI=1S/C20H26N2O/c1-4-22(15-18-8-6-5-7-9-18)20(23)10-11-21-19-13-16(2)12-17(3)14-19/h5-9,12-14,21H,4,10-11,15H2,1-3H3. The molecule has 0 atom stereocenters. The summed E-state index contributed by atoms with van der Waals surface area (Å²) in [7, 11) is 0. The normalized spacial score (nSPS) is 10.4. The van der Waals surface area contributed by atoms with Crippen LogP contribution < -0.4 is 5.32 Å². The maximum Gasteiger partial charge on any atom is 0.224 e. The molecule has 0 aliphatic carbocycles. The first-order valence-corrected chi connectivity index (χ1v) is 8.22. The third-order valence-corrected chi connectivity index (χ3v) is 3.84. The van der Waals surface area contributed by atoms with Gasteiger partial charge >= 0.3 is 0 Å². The van der Waals surface area contributed by atoms with E-state index >= 15 is 0 Å². The molecular weight excluding hydrogens is 284 g/mol. The van der Waals surface area contributed by atoms with Crippen molar-refractivity contribution in [3.8, 4) is 0 Å². The highest BCUT2D eigenvalue weighted by Gasteiger charge is 2.11. The first kappa shape index (κ1) is 17.1.